The third-order valence-corrected chi connectivity index (χ3v) is 5.31. The second kappa shape index (κ2) is 9.16. The van der Waals surface area contributed by atoms with Crippen molar-refractivity contribution in [1.82, 2.24) is 0 Å². The third-order valence-electron chi connectivity index (χ3n) is 3.81. The van der Waals surface area contributed by atoms with Crippen molar-refractivity contribution in [3.8, 4) is 5.75 Å². The molecule has 0 aliphatic rings. The van der Waals surface area contributed by atoms with Crippen molar-refractivity contribution in [2.45, 2.75) is 13.2 Å². The van der Waals surface area contributed by atoms with Crippen molar-refractivity contribution in [1.29, 1.82) is 0 Å². The van der Waals surface area contributed by atoms with E-state index in [-0.39, 0.29) is 5.02 Å². The molecule has 0 atom stereocenters. The molecule has 0 heterocycles. The number of hydrogen-bond acceptors (Lipinski definition) is 2. The minimum absolute atomic E-state index is 0.0887. The normalized spacial score (nSPS) is 10.7. The van der Waals surface area contributed by atoms with Crippen molar-refractivity contribution in [3.05, 3.63) is 91.1 Å². The molecule has 3 rings (SSSR count). The Balaban J connectivity index is 1.62. The van der Waals surface area contributed by atoms with Gasteiger partial charge in [-0.15, -0.1) is 0 Å². The van der Waals surface area contributed by atoms with Crippen molar-refractivity contribution in [2.24, 2.45) is 0 Å². The van der Waals surface area contributed by atoms with Crippen LogP contribution in [-0.2, 0) is 13.2 Å². The predicted molar refractivity (Wildman–Crippen MR) is 114 cm³/mol. The molecule has 0 aliphatic heterocycles. The van der Waals surface area contributed by atoms with Crippen LogP contribution in [0.4, 0.5) is 10.1 Å². The molecule has 0 amide bonds. The maximum Gasteiger partial charge on any atom is 0.141 e. The molecule has 0 spiro atoms. The zero-order valence-corrected chi connectivity index (χ0v) is 17.8. The standard InChI is InChI=1S/C20H14BrCl3FNO/c21-16-7-12(10-26-15-4-5-19(25)18(24)9-15)1-6-20(16)27-11-13-2-3-14(22)8-17(13)23/h1-9,26H,10-11H2. The molecule has 0 saturated carbocycles. The zero-order chi connectivity index (χ0) is 19.4. The van der Waals surface area contributed by atoms with Gasteiger partial charge < -0.3 is 10.1 Å². The fourth-order valence-electron chi connectivity index (χ4n) is 2.38. The van der Waals surface area contributed by atoms with E-state index in [0.717, 1.165) is 21.3 Å². The lowest BCUT2D eigenvalue weighted by Crippen LogP contribution is -2.01. The molecule has 0 saturated heterocycles. The fraction of sp³-hybridized carbons (Fsp3) is 0.100. The SMILES string of the molecule is Fc1ccc(NCc2ccc(OCc3ccc(Cl)cc3Cl)c(Br)c2)cc1Cl. The molecule has 3 aromatic carbocycles. The lowest BCUT2D eigenvalue weighted by molar-refractivity contribution is 0.304. The number of ether oxygens (including phenoxy) is 1. The van der Waals surface area contributed by atoms with Gasteiger partial charge in [-0.1, -0.05) is 46.9 Å². The Bertz CT molecular complexity index is 968. The van der Waals surface area contributed by atoms with Crippen LogP contribution in [0, 0.1) is 5.82 Å². The van der Waals surface area contributed by atoms with Gasteiger partial charge in [-0.05, 0) is 64.0 Å². The van der Waals surface area contributed by atoms with Crippen molar-refractivity contribution in [2.75, 3.05) is 5.32 Å². The largest absolute Gasteiger partial charge is 0.488 e. The van der Waals surface area contributed by atoms with E-state index in [9.17, 15) is 4.39 Å². The van der Waals surface area contributed by atoms with E-state index in [2.05, 4.69) is 21.2 Å². The van der Waals surface area contributed by atoms with Gasteiger partial charge in [0.2, 0.25) is 0 Å². The molecular weight excluding hydrogens is 475 g/mol. The van der Waals surface area contributed by atoms with Crippen molar-refractivity contribution >= 4 is 56.4 Å². The first-order valence-electron chi connectivity index (χ1n) is 7.96. The summed E-state index contributed by atoms with van der Waals surface area (Å²) in [6.07, 6.45) is 0. The molecule has 1 N–H and O–H groups in total. The molecule has 3 aromatic rings. The molecular formula is C20H14BrCl3FNO. The van der Waals surface area contributed by atoms with Gasteiger partial charge in [0.15, 0.2) is 0 Å². The first kappa shape index (κ1) is 20.3. The highest BCUT2D eigenvalue weighted by molar-refractivity contribution is 9.10. The van der Waals surface area contributed by atoms with Crippen LogP contribution in [0.5, 0.6) is 5.75 Å². The highest BCUT2D eigenvalue weighted by atomic mass is 79.9. The van der Waals surface area contributed by atoms with Crippen LogP contribution >= 0.6 is 50.7 Å². The summed E-state index contributed by atoms with van der Waals surface area (Å²) in [7, 11) is 0. The molecule has 0 radical (unpaired) electrons. The van der Waals surface area contributed by atoms with Gasteiger partial charge in [0.05, 0.1) is 9.50 Å². The van der Waals surface area contributed by atoms with Gasteiger partial charge in [-0.25, -0.2) is 4.39 Å². The zero-order valence-electron chi connectivity index (χ0n) is 13.9. The number of rotatable bonds is 6. The van der Waals surface area contributed by atoms with Crippen molar-refractivity contribution < 1.29 is 9.13 Å². The van der Waals surface area contributed by atoms with E-state index >= 15 is 0 Å². The summed E-state index contributed by atoms with van der Waals surface area (Å²) in [5.41, 5.74) is 2.63. The summed E-state index contributed by atoms with van der Waals surface area (Å²) < 4.78 is 19.9. The minimum Gasteiger partial charge on any atom is -0.488 e. The van der Waals surface area contributed by atoms with Crippen LogP contribution in [0.25, 0.3) is 0 Å². The van der Waals surface area contributed by atoms with Crippen LogP contribution in [0.1, 0.15) is 11.1 Å². The van der Waals surface area contributed by atoms with Crippen molar-refractivity contribution in [3.63, 3.8) is 0 Å². The summed E-state index contributed by atoms with van der Waals surface area (Å²) in [6, 6.07) is 15.6. The Morgan fingerprint density at radius 3 is 2.44 bits per heavy atom. The Labute approximate surface area is 180 Å². The number of hydrogen-bond donors (Lipinski definition) is 1. The molecule has 2 nitrogen and oxygen atoms in total. The van der Waals surface area contributed by atoms with Gasteiger partial charge in [0, 0.05) is 27.8 Å². The summed E-state index contributed by atoms with van der Waals surface area (Å²) >= 11 is 21.4. The summed E-state index contributed by atoms with van der Waals surface area (Å²) in [4.78, 5) is 0. The molecule has 7 heteroatoms. The Kier molecular flexibility index (Phi) is 6.88. The van der Waals surface area contributed by atoms with E-state index in [1.165, 1.54) is 6.07 Å². The number of halogens is 5. The molecule has 0 unspecified atom stereocenters. The number of nitrogens with one attached hydrogen (secondary N) is 1. The second-order valence-corrected chi connectivity index (χ2v) is 7.88. The van der Waals surface area contributed by atoms with Gasteiger partial charge in [0.25, 0.3) is 0 Å². The second-order valence-electron chi connectivity index (χ2n) is 5.77. The fourth-order valence-corrected chi connectivity index (χ4v) is 3.56. The highest BCUT2D eigenvalue weighted by Crippen LogP contribution is 2.29. The van der Waals surface area contributed by atoms with E-state index in [0.29, 0.717) is 28.9 Å². The van der Waals surface area contributed by atoms with Gasteiger partial charge >= 0.3 is 0 Å². The Hall–Kier alpha value is -1.46. The molecule has 0 aromatic heterocycles. The van der Waals surface area contributed by atoms with Crippen LogP contribution in [-0.4, -0.2) is 0 Å². The molecule has 27 heavy (non-hydrogen) atoms. The molecule has 140 valence electrons. The maximum absolute atomic E-state index is 13.2. The number of anilines is 1. The Morgan fingerprint density at radius 1 is 0.926 bits per heavy atom. The monoisotopic (exact) mass is 487 g/mol. The summed E-state index contributed by atoms with van der Waals surface area (Å²) in [5.74, 6) is 0.266. The average molecular weight is 490 g/mol. The quantitative estimate of drug-likeness (QED) is 0.382. The first-order valence-corrected chi connectivity index (χ1v) is 9.89. The first-order chi connectivity index (χ1) is 12.9. The van der Waals surface area contributed by atoms with E-state index < -0.39 is 5.82 Å². The van der Waals surface area contributed by atoms with Crippen LogP contribution in [0.2, 0.25) is 15.1 Å². The van der Waals surface area contributed by atoms with Gasteiger partial charge in [-0.2, -0.15) is 0 Å². The highest BCUT2D eigenvalue weighted by Gasteiger charge is 2.07. The molecule has 0 fully saturated rings. The summed E-state index contributed by atoms with van der Waals surface area (Å²) in [5, 5.41) is 4.45. The van der Waals surface area contributed by atoms with Crippen LogP contribution < -0.4 is 10.1 Å². The average Bonchev–Trinajstić information content (AvgIpc) is 2.63. The lowest BCUT2D eigenvalue weighted by Gasteiger charge is -2.12. The van der Waals surface area contributed by atoms with E-state index in [1.54, 1.807) is 24.3 Å². The van der Waals surface area contributed by atoms with E-state index in [4.69, 9.17) is 39.5 Å². The minimum atomic E-state index is -0.438. The smallest absolute Gasteiger partial charge is 0.141 e. The predicted octanol–water partition coefficient (Wildman–Crippen LogP) is 7.74. The van der Waals surface area contributed by atoms with Crippen LogP contribution in [0.3, 0.4) is 0 Å². The number of benzene rings is 3. The molecule has 0 bridgehead atoms. The van der Waals surface area contributed by atoms with E-state index in [1.807, 2.05) is 24.3 Å². The lowest BCUT2D eigenvalue weighted by atomic mass is 10.2. The van der Waals surface area contributed by atoms with Gasteiger partial charge in [-0.3, -0.25) is 0 Å². The third kappa shape index (κ3) is 5.52. The summed E-state index contributed by atoms with van der Waals surface area (Å²) in [6.45, 7) is 0.893. The van der Waals surface area contributed by atoms with Crippen LogP contribution in [0.15, 0.2) is 59.1 Å². The molecule has 0 aliphatic carbocycles. The topological polar surface area (TPSA) is 21.3 Å². The van der Waals surface area contributed by atoms with Gasteiger partial charge in [0.1, 0.15) is 18.2 Å². The Morgan fingerprint density at radius 2 is 1.74 bits per heavy atom. The maximum atomic E-state index is 13.2.